The summed E-state index contributed by atoms with van der Waals surface area (Å²) in [5.41, 5.74) is 2.10. The van der Waals surface area contributed by atoms with E-state index in [0.29, 0.717) is 17.4 Å². The van der Waals surface area contributed by atoms with Crippen LogP contribution in [0.3, 0.4) is 0 Å². The molecule has 3 aliphatic rings. The van der Waals surface area contributed by atoms with E-state index in [1.807, 2.05) is 18.2 Å². The normalized spacial score (nSPS) is 34.5. The van der Waals surface area contributed by atoms with Crippen LogP contribution in [0.15, 0.2) is 30.3 Å². The van der Waals surface area contributed by atoms with Crippen LogP contribution in [0, 0.1) is 17.8 Å². The first-order valence-electron chi connectivity index (χ1n) is 8.52. The Balaban J connectivity index is 1.51. The highest BCUT2D eigenvalue weighted by molar-refractivity contribution is 6.08. The number of urea groups is 1. The quantitative estimate of drug-likeness (QED) is 0.833. The largest absolute Gasteiger partial charge is 0.344 e. The molecule has 4 atom stereocenters. The van der Waals surface area contributed by atoms with Crippen molar-refractivity contribution in [2.75, 3.05) is 0 Å². The van der Waals surface area contributed by atoms with Crippen molar-refractivity contribution in [3.05, 3.63) is 35.9 Å². The van der Waals surface area contributed by atoms with Gasteiger partial charge in [-0.3, -0.25) is 15.0 Å². The van der Waals surface area contributed by atoms with Gasteiger partial charge in [-0.1, -0.05) is 36.8 Å². The Morgan fingerprint density at radius 2 is 1.96 bits per heavy atom. The molecule has 6 nitrogen and oxygen atoms in total. The summed E-state index contributed by atoms with van der Waals surface area (Å²) in [7, 11) is 0. The van der Waals surface area contributed by atoms with Gasteiger partial charge in [-0.25, -0.2) is 4.79 Å². The smallest absolute Gasteiger partial charge is 0.318 e. The maximum Gasteiger partial charge on any atom is 0.344 e. The van der Waals surface area contributed by atoms with Crippen molar-refractivity contribution < 1.29 is 14.4 Å². The summed E-state index contributed by atoms with van der Waals surface area (Å²) in [4.78, 5) is 37.6. The molecule has 1 aromatic rings. The Morgan fingerprint density at radius 1 is 1.21 bits per heavy atom. The minimum atomic E-state index is -1.15. The molecule has 0 radical (unpaired) electrons. The second-order valence-corrected chi connectivity index (χ2v) is 7.32. The summed E-state index contributed by atoms with van der Waals surface area (Å²) < 4.78 is 0. The van der Waals surface area contributed by atoms with Crippen molar-refractivity contribution in [2.45, 2.75) is 38.1 Å². The summed E-state index contributed by atoms with van der Waals surface area (Å²) in [6, 6.07) is 8.48. The SMILES string of the molecule is C[C@@]1(c2ccccc2)NC(=O)N(NC(=O)[C@@H]2C[C@H]3CC[C@H]2C3)C1=O. The molecule has 4 amide bonds. The average molecular weight is 327 g/mol. The third-order valence-corrected chi connectivity index (χ3v) is 5.84. The summed E-state index contributed by atoms with van der Waals surface area (Å²) >= 11 is 0. The predicted octanol–water partition coefficient (Wildman–Crippen LogP) is 1.92. The van der Waals surface area contributed by atoms with Crippen LogP contribution in [0.4, 0.5) is 4.79 Å². The van der Waals surface area contributed by atoms with E-state index in [9.17, 15) is 14.4 Å². The molecule has 1 saturated heterocycles. The van der Waals surface area contributed by atoms with Crippen molar-refractivity contribution >= 4 is 17.8 Å². The number of rotatable bonds is 3. The summed E-state index contributed by atoms with van der Waals surface area (Å²) in [5.74, 6) is 0.297. The van der Waals surface area contributed by atoms with Gasteiger partial charge in [0.1, 0.15) is 5.54 Å². The molecule has 2 aliphatic carbocycles. The van der Waals surface area contributed by atoms with Crippen LogP contribution < -0.4 is 10.7 Å². The average Bonchev–Trinajstić information content (AvgIpc) is 3.27. The van der Waals surface area contributed by atoms with Crippen molar-refractivity contribution in [3.63, 3.8) is 0 Å². The predicted molar refractivity (Wildman–Crippen MR) is 86.3 cm³/mol. The van der Waals surface area contributed by atoms with Crippen molar-refractivity contribution in [3.8, 4) is 0 Å². The Kier molecular flexibility index (Phi) is 3.37. The molecule has 4 rings (SSSR count). The lowest BCUT2D eigenvalue weighted by Crippen LogP contribution is -2.50. The third-order valence-electron chi connectivity index (χ3n) is 5.84. The number of imide groups is 1. The molecule has 0 spiro atoms. The van der Waals surface area contributed by atoms with E-state index in [-0.39, 0.29) is 11.8 Å². The number of carbonyl (C=O) groups excluding carboxylic acids is 3. The highest BCUT2D eigenvalue weighted by Gasteiger charge is 2.51. The molecule has 0 unspecified atom stereocenters. The van der Waals surface area contributed by atoms with Crippen molar-refractivity contribution in [2.24, 2.45) is 17.8 Å². The van der Waals surface area contributed by atoms with Crippen molar-refractivity contribution in [1.29, 1.82) is 0 Å². The Morgan fingerprint density at radius 3 is 2.58 bits per heavy atom. The van der Waals surface area contributed by atoms with Gasteiger partial charge in [0.25, 0.3) is 5.91 Å². The Hall–Kier alpha value is -2.37. The molecule has 1 heterocycles. The van der Waals surface area contributed by atoms with E-state index >= 15 is 0 Å². The van der Waals surface area contributed by atoms with E-state index in [1.165, 1.54) is 6.42 Å². The maximum atomic E-state index is 12.8. The maximum absolute atomic E-state index is 12.8. The fraction of sp³-hybridized carbons (Fsp3) is 0.500. The standard InChI is InChI=1S/C18H21N3O3/c1-18(13-5-3-2-4-6-13)16(23)21(17(24)19-18)20-15(22)14-10-11-7-8-12(14)9-11/h2-6,11-12,14H,7-10H2,1H3,(H,19,24)(H,20,22)/t11-,12-,14+,18-/m0/s1. The number of carbonyl (C=O) groups is 3. The monoisotopic (exact) mass is 327 g/mol. The number of amides is 4. The zero-order chi connectivity index (χ0) is 16.9. The van der Waals surface area contributed by atoms with Crippen LogP contribution in [0.1, 0.15) is 38.2 Å². The van der Waals surface area contributed by atoms with Crippen LogP contribution in [0.5, 0.6) is 0 Å². The van der Waals surface area contributed by atoms with E-state index in [2.05, 4.69) is 10.7 Å². The fourth-order valence-corrected chi connectivity index (χ4v) is 4.47. The van der Waals surface area contributed by atoms with Gasteiger partial charge in [-0.15, -0.1) is 0 Å². The van der Waals surface area contributed by atoms with Gasteiger partial charge in [0.2, 0.25) is 5.91 Å². The number of nitrogens with one attached hydrogen (secondary N) is 2. The number of hydrogen-bond acceptors (Lipinski definition) is 3. The van der Waals surface area contributed by atoms with Gasteiger partial charge in [-0.2, -0.15) is 5.01 Å². The second-order valence-electron chi connectivity index (χ2n) is 7.32. The molecule has 2 saturated carbocycles. The lowest BCUT2D eigenvalue weighted by Gasteiger charge is -2.24. The molecule has 126 valence electrons. The lowest BCUT2D eigenvalue weighted by molar-refractivity contribution is -0.141. The molecule has 1 aliphatic heterocycles. The van der Waals surface area contributed by atoms with E-state index in [0.717, 1.165) is 24.3 Å². The van der Waals surface area contributed by atoms with Crippen LogP contribution in [0.2, 0.25) is 0 Å². The number of hydrazine groups is 1. The fourth-order valence-electron chi connectivity index (χ4n) is 4.47. The summed E-state index contributed by atoms with van der Waals surface area (Å²) in [6.45, 7) is 1.66. The van der Waals surface area contributed by atoms with Gasteiger partial charge in [0.15, 0.2) is 0 Å². The van der Waals surface area contributed by atoms with Crippen LogP contribution in [0.25, 0.3) is 0 Å². The minimum Gasteiger partial charge on any atom is -0.318 e. The highest BCUT2D eigenvalue weighted by Crippen LogP contribution is 2.48. The zero-order valence-corrected chi connectivity index (χ0v) is 13.6. The first-order valence-corrected chi connectivity index (χ1v) is 8.52. The number of fused-ring (bicyclic) bond motifs is 2. The molecular weight excluding hydrogens is 306 g/mol. The van der Waals surface area contributed by atoms with E-state index in [1.54, 1.807) is 19.1 Å². The molecular formula is C18H21N3O3. The van der Waals surface area contributed by atoms with Crippen LogP contribution in [-0.2, 0) is 15.1 Å². The topological polar surface area (TPSA) is 78.5 Å². The third kappa shape index (κ3) is 2.20. The Labute approximate surface area is 140 Å². The first-order chi connectivity index (χ1) is 11.5. The highest BCUT2D eigenvalue weighted by atomic mass is 16.2. The summed E-state index contributed by atoms with van der Waals surface area (Å²) in [6.07, 6.45) is 4.24. The Bertz CT molecular complexity index is 705. The molecule has 2 bridgehead atoms. The lowest BCUT2D eigenvalue weighted by atomic mass is 9.88. The van der Waals surface area contributed by atoms with Gasteiger partial charge in [0, 0.05) is 5.92 Å². The zero-order valence-electron chi connectivity index (χ0n) is 13.6. The second kappa shape index (κ2) is 5.33. The molecule has 1 aromatic carbocycles. The summed E-state index contributed by atoms with van der Waals surface area (Å²) in [5, 5.41) is 3.55. The molecule has 6 heteroatoms. The molecule has 2 N–H and O–H groups in total. The molecule has 0 aromatic heterocycles. The van der Waals surface area contributed by atoms with Gasteiger partial charge in [-0.05, 0) is 43.6 Å². The first kappa shape index (κ1) is 15.2. The number of hydrogen-bond donors (Lipinski definition) is 2. The van der Waals surface area contributed by atoms with Crippen molar-refractivity contribution in [1.82, 2.24) is 15.8 Å². The van der Waals surface area contributed by atoms with Gasteiger partial charge < -0.3 is 5.32 Å². The number of nitrogens with zero attached hydrogens (tertiary/aromatic N) is 1. The molecule has 3 fully saturated rings. The molecule has 24 heavy (non-hydrogen) atoms. The van der Waals surface area contributed by atoms with E-state index < -0.39 is 17.5 Å². The van der Waals surface area contributed by atoms with E-state index in [4.69, 9.17) is 0 Å². The van der Waals surface area contributed by atoms with Crippen LogP contribution >= 0.6 is 0 Å². The van der Waals surface area contributed by atoms with Gasteiger partial charge >= 0.3 is 6.03 Å². The number of benzene rings is 1. The minimum absolute atomic E-state index is 0.0760. The van der Waals surface area contributed by atoms with Crippen LogP contribution in [-0.4, -0.2) is 22.9 Å². The van der Waals surface area contributed by atoms with Gasteiger partial charge in [0.05, 0.1) is 0 Å².